The number of Topliss-reactive ketones (excluding diaryl/α,β-unsaturated/α-hetero) is 1. The average molecular weight is 274 g/mol. The third-order valence-electron chi connectivity index (χ3n) is 2.78. The standard InChI is InChI=1S/C15H14O5/c1-2-14(16)10-3-5-12(6-4-10)20-9-13-7-11(8-19-13)15(17)18/h3-8H,2,9H2,1H3,(H,17,18). The van der Waals surface area contributed by atoms with Crippen LogP contribution in [0.2, 0.25) is 0 Å². The van der Waals surface area contributed by atoms with Crippen LogP contribution in [0.3, 0.4) is 0 Å². The largest absolute Gasteiger partial charge is 0.486 e. The van der Waals surface area contributed by atoms with Gasteiger partial charge >= 0.3 is 5.97 Å². The molecule has 2 rings (SSSR count). The Bertz CT molecular complexity index is 609. The van der Waals surface area contributed by atoms with E-state index in [9.17, 15) is 9.59 Å². The SMILES string of the molecule is CCC(=O)c1ccc(OCc2cc(C(=O)O)co2)cc1. The number of hydrogen-bond acceptors (Lipinski definition) is 4. The maximum Gasteiger partial charge on any atom is 0.338 e. The van der Waals surface area contributed by atoms with E-state index < -0.39 is 5.97 Å². The maximum atomic E-state index is 11.5. The lowest BCUT2D eigenvalue weighted by Gasteiger charge is -2.04. The fourth-order valence-electron chi connectivity index (χ4n) is 1.66. The average Bonchev–Trinajstić information content (AvgIpc) is 2.94. The predicted octanol–water partition coefficient (Wildman–Crippen LogP) is 3.15. The second kappa shape index (κ2) is 6.06. The summed E-state index contributed by atoms with van der Waals surface area (Å²) in [5, 5.41) is 8.76. The van der Waals surface area contributed by atoms with Gasteiger partial charge in [-0.2, -0.15) is 0 Å². The Kier molecular flexibility index (Phi) is 4.20. The molecule has 1 aromatic carbocycles. The molecular formula is C15H14O5. The summed E-state index contributed by atoms with van der Waals surface area (Å²) in [7, 11) is 0. The maximum absolute atomic E-state index is 11.5. The van der Waals surface area contributed by atoms with Crippen LogP contribution in [0.4, 0.5) is 0 Å². The minimum atomic E-state index is -1.04. The first kappa shape index (κ1) is 13.9. The van der Waals surface area contributed by atoms with Gasteiger partial charge in [0.25, 0.3) is 0 Å². The molecule has 5 nitrogen and oxygen atoms in total. The van der Waals surface area contributed by atoms with Crippen LogP contribution >= 0.6 is 0 Å². The number of carbonyl (C=O) groups excluding carboxylic acids is 1. The number of rotatable bonds is 6. The Morgan fingerprint density at radius 1 is 1.20 bits per heavy atom. The topological polar surface area (TPSA) is 76.7 Å². The molecule has 1 aromatic heterocycles. The lowest BCUT2D eigenvalue weighted by Crippen LogP contribution is -1.98. The quantitative estimate of drug-likeness (QED) is 0.819. The summed E-state index contributed by atoms with van der Waals surface area (Å²) in [5.74, 6) is 0.0538. The van der Waals surface area contributed by atoms with Gasteiger partial charge in [0.05, 0.1) is 5.56 Å². The van der Waals surface area contributed by atoms with Crippen molar-refractivity contribution in [2.45, 2.75) is 20.0 Å². The molecule has 20 heavy (non-hydrogen) atoms. The van der Waals surface area contributed by atoms with Crippen LogP contribution in [-0.2, 0) is 6.61 Å². The van der Waals surface area contributed by atoms with Crippen molar-refractivity contribution in [2.75, 3.05) is 0 Å². The summed E-state index contributed by atoms with van der Waals surface area (Å²) < 4.78 is 10.5. The molecule has 0 bridgehead atoms. The van der Waals surface area contributed by atoms with E-state index in [4.69, 9.17) is 14.3 Å². The Morgan fingerprint density at radius 3 is 2.45 bits per heavy atom. The van der Waals surface area contributed by atoms with Crippen molar-refractivity contribution in [2.24, 2.45) is 0 Å². The molecule has 0 spiro atoms. The summed E-state index contributed by atoms with van der Waals surface area (Å²) in [6.45, 7) is 1.94. The number of ether oxygens (including phenoxy) is 1. The Labute approximate surface area is 115 Å². The molecule has 0 atom stereocenters. The van der Waals surface area contributed by atoms with E-state index in [2.05, 4.69) is 0 Å². The van der Waals surface area contributed by atoms with E-state index >= 15 is 0 Å². The molecule has 0 aliphatic carbocycles. The zero-order valence-electron chi connectivity index (χ0n) is 11.0. The van der Waals surface area contributed by atoms with Crippen LogP contribution in [0.25, 0.3) is 0 Å². The molecule has 1 N–H and O–H groups in total. The van der Waals surface area contributed by atoms with Crippen molar-refractivity contribution < 1.29 is 23.8 Å². The fourth-order valence-corrected chi connectivity index (χ4v) is 1.66. The van der Waals surface area contributed by atoms with Gasteiger partial charge in [-0.15, -0.1) is 0 Å². The first-order valence-corrected chi connectivity index (χ1v) is 6.17. The van der Waals surface area contributed by atoms with Crippen LogP contribution in [0.15, 0.2) is 41.0 Å². The molecule has 2 aromatic rings. The van der Waals surface area contributed by atoms with Gasteiger partial charge in [-0.1, -0.05) is 6.92 Å². The first-order chi connectivity index (χ1) is 9.60. The number of carbonyl (C=O) groups is 2. The summed E-state index contributed by atoms with van der Waals surface area (Å²) in [4.78, 5) is 22.1. The van der Waals surface area contributed by atoms with E-state index in [-0.39, 0.29) is 18.0 Å². The van der Waals surface area contributed by atoms with Gasteiger partial charge in [0, 0.05) is 12.0 Å². The number of carboxylic acid groups (broad SMARTS) is 1. The second-order valence-corrected chi connectivity index (χ2v) is 4.20. The third kappa shape index (κ3) is 3.26. The lowest BCUT2D eigenvalue weighted by atomic mass is 10.1. The van der Waals surface area contributed by atoms with Crippen molar-refractivity contribution in [1.29, 1.82) is 0 Å². The number of carboxylic acids is 1. The van der Waals surface area contributed by atoms with Crippen LogP contribution in [0, 0.1) is 0 Å². The smallest absolute Gasteiger partial charge is 0.338 e. The van der Waals surface area contributed by atoms with Gasteiger partial charge in [-0.05, 0) is 30.3 Å². The monoisotopic (exact) mass is 274 g/mol. The molecule has 0 saturated carbocycles. The van der Waals surface area contributed by atoms with Crippen molar-refractivity contribution >= 4 is 11.8 Å². The van der Waals surface area contributed by atoms with E-state index in [1.54, 1.807) is 24.3 Å². The minimum Gasteiger partial charge on any atom is -0.486 e. The van der Waals surface area contributed by atoms with Gasteiger partial charge in [0.1, 0.15) is 24.4 Å². The minimum absolute atomic E-state index is 0.0775. The normalized spacial score (nSPS) is 10.2. The summed E-state index contributed by atoms with van der Waals surface area (Å²) in [6, 6.07) is 8.21. The van der Waals surface area contributed by atoms with Crippen LogP contribution in [0.1, 0.15) is 39.8 Å². The Hall–Kier alpha value is -2.56. The van der Waals surface area contributed by atoms with Crippen molar-refractivity contribution in [3.05, 3.63) is 53.5 Å². The van der Waals surface area contributed by atoms with Gasteiger partial charge in [0.2, 0.25) is 0 Å². The third-order valence-corrected chi connectivity index (χ3v) is 2.78. The highest BCUT2D eigenvalue weighted by Crippen LogP contribution is 2.16. The summed E-state index contributed by atoms with van der Waals surface area (Å²) >= 11 is 0. The number of furan rings is 1. The molecule has 0 aliphatic rings. The molecule has 104 valence electrons. The highest BCUT2D eigenvalue weighted by Gasteiger charge is 2.09. The van der Waals surface area contributed by atoms with Gasteiger partial charge in [0.15, 0.2) is 5.78 Å². The van der Waals surface area contributed by atoms with E-state index in [0.717, 1.165) is 0 Å². The molecular weight excluding hydrogens is 260 g/mol. The highest BCUT2D eigenvalue weighted by molar-refractivity contribution is 5.95. The number of aromatic carboxylic acids is 1. The molecule has 1 heterocycles. The molecule has 0 radical (unpaired) electrons. The number of benzene rings is 1. The molecule has 0 unspecified atom stereocenters. The Balaban J connectivity index is 1.96. The van der Waals surface area contributed by atoms with Crippen LogP contribution in [0.5, 0.6) is 5.75 Å². The number of hydrogen-bond donors (Lipinski definition) is 1. The van der Waals surface area contributed by atoms with Gasteiger partial charge in [-0.25, -0.2) is 4.79 Å². The highest BCUT2D eigenvalue weighted by atomic mass is 16.5. The summed E-state index contributed by atoms with van der Waals surface area (Å²) in [6.07, 6.45) is 1.63. The van der Waals surface area contributed by atoms with Crippen molar-refractivity contribution in [3.63, 3.8) is 0 Å². The van der Waals surface area contributed by atoms with Crippen molar-refractivity contribution in [3.8, 4) is 5.75 Å². The molecule has 0 aliphatic heterocycles. The second-order valence-electron chi connectivity index (χ2n) is 4.20. The molecule has 0 fully saturated rings. The predicted molar refractivity (Wildman–Crippen MR) is 71.1 cm³/mol. The van der Waals surface area contributed by atoms with Crippen LogP contribution < -0.4 is 4.74 Å². The molecule has 0 amide bonds. The molecule has 5 heteroatoms. The van der Waals surface area contributed by atoms with Gasteiger partial charge < -0.3 is 14.3 Å². The summed E-state index contributed by atoms with van der Waals surface area (Å²) in [5.41, 5.74) is 0.735. The Morgan fingerprint density at radius 2 is 1.90 bits per heavy atom. The zero-order valence-corrected chi connectivity index (χ0v) is 11.0. The zero-order chi connectivity index (χ0) is 14.5. The van der Waals surface area contributed by atoms with Crippen molar-refractivity contribution in [1.82, 2.24) is 0 Å². The molecule has 0 saturated heterocycles. The first-order valence-electron chi connectivity index (χ1n) is 6.17. The van der Waals surface area contributed by atoms with E-state index in [1.807, 2.05) is 6.92 Å². The lowest BCUT2D eigenvalue weighted by molar-refractivity contribution is 0.0696. The fraction of sp³-hybridized carbons (Fsp3) is 0.200. The van der Waals surface area contributed by atoms with Crippen LogP contribution in [-0.4, -0.2) is 16.9 Å². The number of ketones is 1. The van der Waals surface area contributed by atoms with E-state index in [0.29, 0.717) is 23.5 Å². The van der Waals surface area contributed by atoms with E-state index in [1.165, 1.54) is 12.3 Å². The van der Waals surface area contributed by atoms with Gasteiger partial charge in [-0.3, -0.25) is 4.79 Å².